The molecule has 0 spiro atoms. The summed E-state index contributed by atoms with van der Waals surface area (Å²) in [6.07, 6.45) is 5.38. The van der Waals surface area contributed by atoms with E-state index in [0.717, 1.165) is 43.2 Å². The number of ether oxygens (including phenoxy) is 1. The first kappa shape index (κ1) is 14.1. The smallest absolute Gasteiger partial charge is 0.410 e. The highest BCUT2D eigenvalue weighted by Crippen LogP contribution is 2.20. The summed E-state index contributed by atoms with van der Waals surface area (Å²) in [7, 11) is 0. The van der Waals surface area contributed by atoms with Crippen molar-refractivity contribution in [3.63, 3.8) is 0 Å². The van der Waals surface area contributed by atoms with E-state index in [-0.39, 0.29) is 11.7 Å². The van der Waals surface area contributed by atoms with Gasteiger partial charge in [0.1, 0.15) is 5.60 Å². The maximum absolute atomic E-state index is 11.9. The van der Waals surface area contributed by atoms with Gasteiger partial charge in [-0.2, -0.15) is 0 Å². The van der Waals surface area contributed by atoms with Crippen LogP contribution in [0.5, 0.6) is 0 Å². The number of rotatable bonds is 4. The SMILES string of the molecule is CC(C)(CCCI)OC(=O)N1CCCCC1. The third-order valence-electron chi connectivity index (χ3n) is 2.89. The summed E-state index contributed by atoms with van der Waals surface area (Å²) in [5.41, 5.74) is -0.320. The summed E-state index contributed by atoms with van der Waals surface area (Å²) in [4.78, 5) is 13.7. The highest BCUT2D eigenvalue weighted by atomic mass is 127. The van der Waals surface area contributed by atoms with Crippen LogP contribution in [-0.2, 0) is 4.74 Å². The van der Waals surface area contributed by atoms with Gasteiger partial charge in [0.15, 0.2) is 0 Å². The Morgan fingerprint density at radius 3 is 2.50 bits per heavy atom. The molecule has 3 nitrogen and oxygen atoms in total. The summed E-state index contributed by atoms with van der Waals surface area (Å²) in [6, 6.07) is 0. The van der Waals surface area contributed by atoms with Gasteiger partial charge in [0.05, 0.1) is 0 Å². The molecule has 1 amide bonds. The highest BCUT2D eigenvalue weighted by Gasteiger charge is 2.26. The van der Waals surface area contributed by atoms with Crippen molar-refractivity contribution in [2.45, 2.75) is 51.6 Å². The predicted octanol–water partition coefficient (Wildman–Crippen LogP) is 3.60. The van der Waals surface area contributed by atoms with E-state index in [1.807, 2.05) is 18.7 Å². The summed E-state index contributed by atoms with van der Waals surface area (Å²) < 4.78 is 6.68. The van der Waals surface area contributed by atoms with E-state index < -0.39 is 0 Å². The molecule has 1 aliphatic rings. The minimum absolute atomic E-state index is 0.127. The zero-order chi connectivity index (χ0) is 12.0. The Hall–Kier alpha value is 0. The fourth-order valence-electron chi connectivity index (χ4n) is 1.92. The molecule has 0 aromatic carbocycles. The van der Waals surface area contributed by atoms with Gasteiger partial charge in [-0.1, -0.05) is 22.6 Å². The average Bonchev–Trinajstić information content (AvgIpc) is 2.27. The lowest BCUT2D eigenvalue weighted by Crippen LogP contribution is -2.40. The first-order valence-corrected chi connectivity index (χ1v) is 7.61. The van der Waals surface area contributed by atoms with Crippen molar-refractivity contribution < 1.29 is 9.53 Å². The number of likely N-dealkylation sites (tertiary alicyclic amines) is 1. The maximum atomic E-state index is 11.9. The molecule has 94 valence electrons. The molecule has 0 unspecified atom stereocenters. The van der Waals surface area contributed by atoms with E-state index in [9.17, 15) is 4.79 Å². The first-order valence-electron chi connectivity index (χ1n) is 6.09. The molecule has 0 N–H and O–H groups in total. The number of amides is 1. The van der Waals surface area contributed by atoms with Crippen molar-refractivity contribution in [3.05, 3.63) is 0 Å². The summed E-state index contributed by atoms with van der Waals surface area (Å²) in [5.74, 6) is 0. The van der Waals surface area contributed by atoms with Gasteiger partial charge in [-0.25, -0.2) is 4.79 Å². The molecule has 4 heteroatoms. The molecule has 1 fully saturated rings. The number of carbonyl (C=O) groups is 1. The first-order chi connectivity index (χ1) is 7.55. The van der Waals surface area contributed by atoms with Crippen LogP contribution < -0.4 is 0 Å². The number of alkyl halides is 1. The number of carbonyl (C=O) groups excluding carboxylic acids is 1. The molecular weight excluding hydrogens is 317 g/mol. The van der Waals surface area contributed by atoms with Crippen LogP contribution in [0.1, 0.15) is 46.0 Å². The van der Waals surface area contributed by atoms with Crippen molar-refractivity contribution in [1.29, 1.82) is 0 Å². The van der Waals surface area contributed by atoms with Crippen LogP contribution in [0.25, 0.3) is 0 Å². The molecule has 1 saturated heterocycles. The molecule has 0 aromatic rings. The number of piperidine rings is 1. The van der Waals surface area contributed by atoms with E-state index in [0.29, 0.717) is 0 Å². The van der Waals surface area contributed by atoms with Gasteiger partial charge in [0.2, 0.25) is 0 Å². The predicted molar refractivity (Wildman–Crippen MR) is 74.1 cm³/mol. The minimum atomic E-state index is -0.320. The van der Waals surface area contributed by atoms with E-state index in [4.69, 9.17) is 4.74 Å². The van der Waals surface area contributed by atoms with Crippen molar-refractivity contribution in [1.82, 2.24) is 4.90 Å². The maximum Gasteiger partial charge on any atom is 0.410 e. The molecule has 1 rings (SSSR count). The van der Waals surface area contributed by atoms with Gasteiger partial charge in [-0.05, 0) is 50.4 Å². The van der Waals surface area contributed by atoms with Gasteiger partial charge in [0, 0.05) is 13.1 Å². The molecule has 16 heavy (non-hydrogen) atoms. The number of nitrogens with zero attached hydrogens (tertiary/aromatic N) is 1. The Morgan fingerprint density at radius 2 is 1.94 bits per heavy atom. The minimum Gasteiger partial charge on any atom is -0.443 e. The zero-order valence-corrected chi connectivity index (χ0v) is 12.5. The van der Waals surface area contributed by atoms with Gasteiger partial charge in [-0.15, -0.1) is 0 Å². The zero-order valence-electron chi connectivity index (χ0n) is 10.3. The lowest BCUT2D eigenvalue weighted by molar-refractivity contribution is 0.00555. The second kappa shape index (κ2) is 6.67. The molecule has 1 heterocycles. The monoisotopic (exact) mass is 339 g/mol. The van der Waals surface area contributed by atoms with Crippen LogP contribution in [0.2, 0.25) is 0 Å². The lowest BCUT2D eigenvalue weighted by atomic mass is 10.0. The Balaban J connectivity index is 2.36. The number of halogens is 1. The number of hydrogen-bond acceptors (Lipinski definition) is 2. The fraction of sp³-hybridized carbons (Fsp3) is 0.917. The quantitative estimate of drug-likeness (QED) is 0.579. The Kier molecular flexibility index (Phi) is 5.86. The van der Waals surface area contributed by atoms with Gasteiger partial charge >= 0.3 is 6.09 Å². The summed E-state index contributed by atoms with van der Waals surface area (Å²) >= 11 is 2.35. The fourth-order valence-corrected chi connectivity index (χ4v) is 2.30. The van der Waals surface area contributed by atoms with E-state index >= 15 is 0 Å². The van der Waals surface area contributed by atoms with Crippen molar-refractivity contribution in [2.24, 2.45) is 0 Å². The largest absolute Gasteiger partial charge is 0.443 e. The summed E-state index contributed by atoms with van der Waals surface area (Å²) in [6.45, 7) is 5.73. The topological polar surface area (TPSA) is 29.5 Å². The normalized spacial score (nSPS) is 17.3. The van der Waals surface area contributed by atoms with Crippen LogP contribution in [0.3, 0.4) is 0 Å². The Morgan fingerprint density at radius 1 is 1.31 bits per heavy atom. The van der Waals surface area contributed by atoms with E-state index in [1.54, 1.807) is 0 Å². The van der Waals surface area contributed by atoms with Gasteiger partial charge < -0.3 is 9.64 Å². The highest BCUT2D eigenvalue weighted by molar-refractivity contribution is 14.1. The molecular formula is C12H22INO2. The van der Waals surface area contributed by atoms with Crippen LogP contribution in [0.15, 0.2) is 0 Å². The van der Waals surface area contributed by atoms with E-state index in [1.165, 1.54) is 6.42 Å². The molecule has 0 saturated carbocycles. The lowest BCUT2D eigenvalue weighted by Gasteiger charge is -2.31. The standard InChI is InChI=1S/C12H22INO2/c1-12(2,7-6-8-13)16-11(15)14-9-4-3-5-10-14/h3-10H2,1-2H3. The average molecular weight is 339 g/mol. The summed E-state index contributed by atoms with van der Waals surface area (Å²) in [5, 5.41) is 0. The molecule has 1 aliphatic heterocycles. The van der Waals surface area contributed by atoms with Crippen LogP contribution in [0, 0.1) is 0 Å². The second-order valence-electron chi connectivity index (χ2n) is 4.97. The molecule has 0 atom stereocenters. The molecule has 0 radical (unpaired) electrons. The number of hydrogen-bond donors (Lipinski definition) is 0. The van der Waals surface area contributed by atoms with Crippen LogP contribution >= 0.6 is 22.6 Å². The van der Waals surface area contributed by atoms with E-state index in [2.05, 4.69) is 22.6 Å². The third kappa shape index (κ3) is 4.89. The third-order valence-corrected chi connectivity index (χ3v) is 3.65. The Labute approximate surface area is 112 Å². The van der Waals surface area contributed by atoms with Crippen LogP contribution in [0.4, 0.5) is 4.79 Å². The molecule has 0 aliphatic carbocycles. The van der Waals surface area contributed by atoms with Gasteiger partial charge in [-0.3, -0.25) is 0 Å². The van der Waals surface area contributed by atoms with Crippen molar-refractivity contribution in [2.75, 3.05) is 17.5 Å². The molecule has 0 bridgehead atoms. The van der Waals surface area contributed by atoms with Gasteiger partial charge in [0.25, 0.3) is 0 Å². The van der Waals surface area contributed by atoms with Crippen LogP contribution in [-0.4, -0.2) is 34.1 Å². The van der Waals surface area contributed by atoms with Crippen molar-refractivity contribution in [3.8, 4) is 0 Å². The Bertz CT molecular complexity index is 225. The second-order valence-corrected chi connectivity index (χ2v) is 6.05. The molecule has 0 aromatic heterocycles. The van der Waals surface area contributed by atoms with Crippen molar-refractivity contribution >= 4 is 28.7 Å².